The lowest BCUT2D eigenvalue weighted by Gasteiger charge is -2.32. The number of rotatable bonds is 10. The van der Waals surface area contributed by atoms with Crippen molar-refractivity contribution in [1.29, 1.82) is 0 Å². The van der Waals surface area contributed by atoms with Crippen LogP contribution in [0.3, 0.4) is 0 Å². The van der Waals surface area contributed by atoms with Gasteiger partial charge in [0.15, 0.2) is 0 Å². The van der Waals surface area contributed by atoms with E-state index in [0.29, 0.717) is 12.3 Å². The summed E-state index contributed by atoms with van der Waals surface area (Å²) in [5.41, 5.74) is 2.49. The predicted molar refractivity (Wildman–Crippen MR) is 135 cm³/mol. The number of carbonyl (C=O) groups excluding carboxylic acids is 1. The maximum absolute atomic E-state index is 12.7. The average Bonchev–Trinajstić information content (AvgIpc) is 3.63. The van der Waals surface area contributed by atoms with Gasteiger partial charge in [-0.25, -0.2) is 9.78 Å². The molecule has 2 atom stereocenters. The van der Waals surface area contributed by atoms with Gasteiger partial charge in [0.25, 0.3) is 0 Å². The Kier molecular flexibility index (Phi) is 7.88. The van der Waals surface area contributed by atoms with Crippen LogP contribution >= 0.6 is 0 Å². The number of hydrogen-bond acceptors (Lipinski definition) is 6. The van der Waals surface area contributed by atoms with Crippen LogP contribution in [0.1, 0.15) is 62.6 Å². The number of hydrogen-bond donors (Lipinski definition) is 3. The molecule has 1 saturated carbocycles. The molecule has 1 amide bonds. The summed E-state index contributed by atoms with van der Waals surface area (Å²) in [4.78, 5) is 34.3. The molecule has 4 heterocycles. The van der Waals surface area contributed by atoms with E-state index in [-0.39, 0.29) is 11.8 Å². The topological polar surface area (TPSA) is 97.8 Å². The molecule has 0 unspecified atom stereocenters. The van der Waals surface area contributed by atoms with Gasteiger partial charge >= 0.3 is 5.97 Å². The lowest BCUT2D eigenvalue weighted by molar-refractivity contribution is -0.143. The zero-order valence-electron chi connectivity index (χ0n) is 20.9. The third-order valence-corrected chi connectivity index (χ3v) is 8.44. The number of fused-ring (bicyclic) bond motifs is 1. The number of aliphatic carboxylic acids is 1. The number of pyridine rings is 1. The molecule has 5 rings (SSSR count). The Balaban J connectivity index is 1.02. The minimum absolute atomic E-state index is 0.0459. The van der Waals surface area contributed by atoms with E-state index in [4.69, 9.17) is 4.98 Å². The summed E-state index contributed by atoms with van der Waals surface area (Å²) >= 11 is 0. The van der Waals surface area contributed by atoms with E-state index in [0.717, 1.165) is 95.3 Å². The van der Waals surface area contributed by atoms with E-state index in [1.165, 1.54) is 24.8 Å². The third-order valence-electron chi connectivity index (χ3n) is 8.44. The van der Waals surface area contributed by atoms with Gasteiger partial charge in [0, 0.05) is 37.3 Å². The number of nitrogens with one attached hydrogen (secondary N) is 2. The number of nitrogens with zero attached hydrogens (tertiary/aromatic N) is 3. The molecular formula is C27H41N5O3. The number of carboxylic acids is 1. The zero-order valence-corrected chi connectivity index (χ0v) is 20.9. The van der Waals surface area contributed by atoms with Crippen LogP contribution in [-0.2, 0) is 22.4 Å². The van der Waals surface area contributed by atoms with Gasteiger partial charge in [0.2, 0.25) is 5.91 Å². The normalized spacial score (nSPS) is 24.5. The van der Waals surface area contributed by atoms with Gasteiger partial charge < -0.3 is 25.5 Å². The van der Waals surface area contributed by atoms with Crippen LogP contribution in [0.25, 0.3) is 0 Å². The summed E-state index contributed by atoms with van der Waals surface area (Å²) in [6.45, 7) is 5.67. The number of aryl methyl sites for hydroxylation is 2. The number of aromatic nitrogens is 1. The first-order valence-electron chi connectivity index (χ1n) is 13.8. The molecule has 3 fully saturated rings. The van der Waals surface area contributed by atoms with Crippen LogP contribution in [-0.4, -0.2) is 83.1 Å². The summed E-state index contributed by atoms with van der Waals surface area (Å²) in [6, 6.07) is 4.34. The van der Waals surface area contributed by atoms with Gasteiger partial charge in [-0.3, -0.25) is 4.79 Å². The van der Waals surface area contributed by atoms with Crippen LogP contribution in [0, 0.1) is 11.8 Å². The highest BCUT2D eigenvalue weighted by Crippen LogP contribution is 2.31. The molecule has 8 nitrogen and oxygen atoms in total. The standard InChI is InChI=1S/C27H41N5O3/c33-26(21-10-16-32(17-11-21)23-7-8-23)30-24(27(34)35)12-15-31-14-9-19(18-31)3-5-22-6-4-20-2-1-13-28-25(20)29-22/h4,6,19,21,23-24H,1-3,5,7-18H2,(H,28,29)(H,30,33)(H,34,35)/t19-,24+/m0/s1. The highest BCUT2D eigenvalue weighted by molar-refractivity contribution is 5.85. The quantitative estimate of drug-likeness (QED) is 0.470. The molecule has 3 N–H and O–H groups in total. The molecule has 0 bridgehead atoms. The molecule has 1 aromatic heterocycles. The number of likely N-dealkylation sites (tertiary alicyclic amines) is 2. The number of piperidine rings is 1. The van der Waals surface area contributed by atoms with Crippen molar-refractivity contribution in [2.24, 2.45) is 11.8 Å². The lowest BCUT2D eigenvalue weighted by Crippen LogP contribution is -2.47. The van der Waals surface area contributed by atoms with Crippen molar-refractivity contribution in [1.82, 2.24) is 20.1 Å². The predicted octanol–water partition coefficient (Wildman–Crippen LogP) is 2.53. The van der Waals surface area contributed by atoms with Crippen molar-refractivity contribution in [3.63, 3.8) is 0 Å². The maximum atomic E-state index is 12.7. The summed E-state index contributed by atoms with van der Waals surface area (Å²) in [5.74, 6) is 0.651. The van der Waals surface area contributed by atoms with E-state index < -0.39 is 12.0 Å². The Labute approximate surface area is 208 Å². The molecule has 8 heteroatoms. The molecule has 2 saturated heterocycles. The van der Waals surface area contributed by atoms with Crippen LogP contribution in [0.4, 0.5) is 5.82 Å². The van der Waals surface area contributed by atoms with Crippen LogP contribution in [0.2, 0.25) is 0 Å². The first kappa shape index (κ1) is 24.5. The zero-order chi connectivity index (χ0) is 24.2. The fourth-order valence-electron chi connectivity index (χ4n) is 6.04. The highest BCUT2D eigenvalue weighted by atomic mass is 16.4. The monoisotopic (exact) mass is 483 g/mol. The van der Waals surface area contributed by atoms with Crippen molar-refractivity contribution in [3.05, 3.63) is 23.4 Å². The van der Waals surface area contributed by atoms with Crippen molar-refractivity contribution in [2.75, 3.05) is 44.6 Å². The van der Waals surface area contributed by atoms with E-state index in [2.05, 4.69) is 32.6 Å². The SMILES string of the molecule is O=C(N[C@H](CCN1CC[C@H](CCc2ccc3c(n2)NCCC3)C1)C(=O)O)C1CCN(C2CC2)CC1. The first-order valence-corrected chi connectivity index (χ1v) is 13.8. The van der Waals surface area contributed by atoms with E-state index in [9.17, 15) is 14.7 Å². The Hall–Kier alpha value is -2.19. The Morgan fingerprint density at radius 2 is 1.97 bits per heavy atom. The second-order valence-electron chi connectivity index (χ2n) is 11.1. The Morgan fingerprint density at radius 1 is 1.14 bits per heavy atom. The van der Waals surface area contributed by atoms with Gasteiger partial charge in [-0.2, -0.15) is 0 Å². The minimum Gasteiger partial charge on any atom is -0.480 e. The number of carbonyl (C=O) groups is 2. The average molecular weight is 484 g/mol. The molecule has 3 aliphatic heterocycles. The smallest absolute Gasteiger partial charge is 0.326 e. The van der Waals surface area contributed by atoms with Crippen molar-refractivity contribution >= 4 is 17.7 Å². The summed E-state index contributed by atoms with van der Waals surface area (Å²) in [6.07, 6.45) is 10.3. The number of carboxylic acid groups (broad SMARTS) is 1. The van der Waals surface area contributed by atoms with Gasteiger partial charge in [-0.05, 0) is 101 Å². The van der Waals surface area contributed by atoms with E-state index >= 15 is 0 Å². The fourth-order valence-corrected chi connectivity index (χ4v) is 6.04. The summed E-state index contributed by atoms with van der Waals surface area (Å²) in [5, 5.41) is 16.0. The van der Waals surface area contributed by atoms with E-state index in [1.807, 2.05) is 0 Å². The fraction of sp³-hybridized carbons (Fsp3) is 0.741. The van der Waals surface area contributed by atoms with Crippen LogP contribution in [0.15, 0.2) is 12.1 Å². The Bertz CT molecular complexity index is 897. The second kappa shape index (κ2) is 11.2. The molecule has 1 aliphatic carbocycles. The van der Waals surface area contributed by atoms with Gasteiger partial charge in [0.1, 0.15) is 11.9 Å². The van der Waals surface area contributed by atoms with Gasteiger partial charge in [-0.1, -0.05) is 6.07 Å². The molecule has 1 aromatic rings. The molecule has 35 heavy (non-hydrogen) atoms. The summed E-state index contributed by atoms with van der Waals surface area (Å²) < 4.78 is 0. The van der Waals surface area contributed by atoms with Crippen molar-refractivity contribution in [2.45, 2.75) is 76.3 Å². The highest BCUT2D eigenvalue weighted by Gasteiger charge is 2.35. The lowest BCUT2D eigenvalue weighted by atomic mass is 9.95. The van der Waals surface area contributed by atoms with Gasteiger partial charge in [-0.15, -0.1) is 0 Å². The van der Waals surface area contributed by atoms with Crippen molar-refractivity contribution in [3.8, 4) is 0 Å². The third kappa shape index (κ3) is 6.53. The minimum atomic E-state index is -0.920. The molecule has 0 spiro atoms. The largest absolute Gasteiger partial charge is 0.480 e. The number of amides is 1. The second-order valence-corrected chi connectivity index (χ2v) is 11.1. The molecule has 0 radical (unpaired) electrons. The van der Waals surface area contributed by atoms with Gasteiger partial charge in [0.05, 0.1) is 0 Å². The molecular weight excluding hydrogens is 442 g/mol. The van der Waals surface area contributed by atoms with E-state index in [1.54, 1.807) is 0 Å². The molecule has 0 aromatic carbocycles. The Morgan fingerprint density at radius 3 is 2.74 bits per heavy atom. The van der Waals surface area contributed by atoms with Crippen LogP contribution < -0.4 is 10.6 Å². The number of anilines is 1. The molecule has 192 valence electrons. The summed E-state index contributed by atoms with van der Waals surface area (Å²) in [7, 11) is 0. The first-order chi connectivity index (χ1) is 17.0. The molecule has 4 aliphatic rings. The maximum Gasteiger partial charge on any atom is 0.326 e. The van der Waals surface area contributed by atoms with Crippen LogP contribution in [0.5, 0.6) is 0 Å². The van der Waals surface area contributed by atoms with Crippen molar-refractivity contribution < 1.29 is 14.7 Å².